The number of nitrogens with one attached hydrogen (secondary N) is 2. The van der Waals surface area contributed by atoms with E-state index >= 15 is 0 Å². The zero-order valence-corrected chi connectivity index (χ0v) is 10.3. The molecule has 90 valence electrons. The van der Waals surface area contributed by atoms with Crippen molar-refractivity contribution in [3.63, 3.8) is 0 Å². The molecule has 0 aromatic carbocycles. The first-order chi connectivity index (χ1) is 7.14. The van der Waals surface area contributed by atoms with Gasteiger partial charge in [0, 0.05) is 6.04 Å². The number of hydrogen-bond acceptors (Lipinski definition) is 3. The van der Waals surface area contributed by atoms with E-state index in [2.05, 4.69) is 17.0 Å². The lowest BCUT2D eigenvalue weighted by atomic mass is 10.3. The van der Waals surface area contributed by atoms with Crippen LogP contribution in [0.3, 0.4) is 0 Å². The Kier molecular flexibility index (Phi) is 5.56. The van der Waals surface area contributed by atoms with Crippen LogP contribution in [0.5, 0.6) is 0 Å². The first-order valence-corrected chi connectivity index (χ1v) is 7.50. The normalized spacial score (nSPS) is 16.9. The number of sulfonamides is 1. The van der Waals surface area contributed by atoms with Crippen molar-refractivity contribution in [2.75, 3.05) is 18.8 Å². The molecule has 0 unspecified atom stereocenters. The molecule has 4 nitrogen and oxygen atoms in total. The van der Waals surface area contributed by atoms with Crippen molar-refractivity contribution >= 4 is 10.0 Å². The maximum absolute atomic E-state index is 11.4. The van der Waals surface area contributed by atoms with Crippen molar-refractivity contribution in [1.29, 1.82) is 0 Å². The summed E-state index contributed by atoms with van der Waals surface area (Å²) in [5, 5.41) is 3.26. The van der Waals surface area contributed by atoms with Gasteiger partial charge >= 0.3 is 0 Å². The van der Waals surface area contributed by atoms with Gasteiger partial charge in [-0.3, -0.25) is 0 Å². The molecule has 0 atom stereocenters. The second-order valence-electron chi connectivity index (χ2n) is 4.17. The highest BCUT2D eigenvalue weighted by Crippen LogP contribution is 2.19. The molecule has 0 heterocycles. The van der Waals surface area contributed by atoms with Crippen LogP contribution < -0.4 is 10.0 Å². The van der Waals surface area contributed by atoms with E-state index in [4.69, 9.17) is 0 Å². The summed E-state index contributed by atoms with van der Waals surface area (Å²) in [6.45, 7) is 4.07. The van der Waals surface area contributed by atoms with E-state index in [1.165, 1.54) is 0 Å². The highest BCUT2D eigenvalue weighted by atomic mass is 32.2. The molecule has 1 fully saturated rings. The molecule has 2 N–H and O–H groups in total. The minimum absolute atomic E-state index is 0.244. The highest BCUT2D eigenvalue weighted by molar-refractivity contribution is 7.89. The second-order valence-corrected chi connectivity index (χ2v) is 6.04. The molecule has 0 amide bonds. The van der Waals surface area contributed by atoms with Crippen LogP contribution in [-0.2, 0) is 10.0 Å². The summed E-state index contributed by atoms with van der Waals surface area (Å²) in [7, 11) is -2.99. The SMILES string of the molecule is CCCNCCCCS(=O)(=O)NC1CC1. The largest absolute Gasteiger partial charge is 0.317 e. The van der Waals surface area contributed by atoms with Gasteiger partial charge in [0.2, 0.25) is 10.0 Å². The summed E-state index contributed by atoms with van der Waals surface area (Å²) >= 11 is 0. The van der Waals surface area contributed by atoms with E-state index in [1.807, 2.05) is 0 Å². The average Bonchev–Trinajstić information content (AvgIpc) is 2.94. The van der Waals surface area contributed by atoms with Gasteiger partial charge in [0.1, 0.15) is 0 Å². The van der Waals surface area contributed by atoms with Crippen LogP contribution in [0.4, 0.5) is 0 Å². The fraction of sp³-hybridized carbons (Fsp3) is 1.00. The Morgan fingerprint density at radius 1 is 1.20 bits per heavy atom. The summed E-state index contributed by atoms with van der Waals surface area (Å²) in [5.41, 5.74) is 0. The highest BCUT2D eigenvalue weighted by Gasteiger charge is 2.26. The quantitative estimate of drug-likeness (QED) is 0.581. The fourth-order valence-corrected chi connectivity index (χ4v) is 2.80. The fourth-order valence-electron chi connectivity index (χ4n) is 1.36. The smallest absolute Gasteiger partial charge is 0.211 e. The molecule has 0 spiro atoms. The molecule has 1 aliphatic rings. The zero-order chi connectivity index (χ0) is 11.1. The van der Waals surface area contributed by atoms with Crippen molar-refractivity contribution in [2.24, 2.45) is 0 Å². The number of rotatable bonds is 9. The summed E-state index contributed by atoms with van der Waals surface area (Å²) in [4.78, 5) is 0. The molecule has 15 heavy (non-hydrogen) atoms. The molecule has 5 heteroatoms. The lowest BCUT2D eigenvalue weighted by Crippen LogP contribution is -2.28. The predicted molar refractivity (Wildman–Crippen MR) is 62.3 cm³/mol. The molecular weight excluding hydrogens is 212 g/mol. The molecule has 0 saturated heterocycles. The maximum atomic E-state index is 11.4. The van der Waals surface area contributed by atoms with Crippen LogP contribution >= 0.6 is 0 Å². The van der Waals surface area contributed by atoms with Crippen molar-refractivity contribution in [2.45, 2.75) is 45.1 Å². The zero-order valence-electron chi connectivity index (χ0n) is 9.46. The molecule has 0 aromatic heterocycles. The topological polar surface area (TPSA) is 58.2 Å². The second kappa shape index (κ2) is 6.45. The Morgan fingerprint density at radius 3 is 2.53 bits per heavy atom. The minimum atomic E-state index is -2.99. The van der Waals surface area contributed by atoms with Crippen molar-refractivity contribution in [3.05, 3.63) is 0 Å². The minimum Gasteiger partial charge on any atom is -0.317 e. The molecule has 0 bridgehead atoms. The summed E-state index contributed by atoms with van der Waals surface area (Å²) in [6.07, 6.45) is 4.83. The third-order valence-electron chi connectivity index (χ3n) is 2.37. The predicted octanol–water partition coefficient (Wildman–Crippen LogP) is 0.848. The molecule has 0 aromatic rings. The molecule has 0 aliphatic heterocycles. The van der Waals surface area contributed by atoms with Gasteiger partial charge in [-0.2, -0.15) is 0 Å². The number of unbranched alkanes of at least 4 members (excludes halogenated alkanes) is 1. The Hall–Kier alpha value is -0.130. The lowest BCUT2D eigenvalue weighted by molar-refractivity contribution is 0.572. The van der Waals surface area contributed by atoms with E-state index in [0.717, 1.165) is 45.2 Å². The first-order valence-electron chi connectivity index (χ1n) is 5.85. The molecule has 1 rings (SSSR count). The van der Waals surface area contributed by atoms with Gasteiger partial charge in [0.05, 0.1) is 5.75 Å². The van der Waals surface area contributed by atoms with E-state index in [1.54, 1.807) is 0 Å². The Morgan fingerprint density at radius 2 is 1.93 bits per heavy atom. The Bertz CT molecular complexity index is 261. The Balaban J connectivity index is 1.98. The van der Waals surface area contributed by atoms with Crippen LogP contribution in [-0.4, -0.2) is 33.3 Å². The summed E-state index contributed by atoms with van der Waals surface area (Å²) in [5.74, 6) is 0.275. The van der Waals surface area contributed by atoms with Crippen LogP contribution in [0, 0.1) is 0 Å². The van der Waals surface area contributed by atoms with Gasteiger partial charge in [-0.25, -0.2) is 13.1 Å². The van der Waals surface area contributed by atoms with Gasteiger partial charge in [-0.15, -0.1) is 0 Å². The van der Waals surface area contributed by atoms with E-state index in [9.17, 15) is 8.42 Å². The lowest BCUT2D eigenvalue weighted by Gasteiger charge is -2.05. The van der Waals surface area contributed by atoms with Crippen LogP contribution in [0.25, 0.3) is 0 Å². The van der Waals surface area contributed by atoms with Gasteiger partial charge < -0.3 is 5.32 Å². The van der Waals surface area contributed by atoms with Gasteiger partial charge in [0.25, 0.3) is 0 Å². The van der Waals surface area contributed by atoms with Gasteiger partial charge in [0.15, 0.2) is 0 Å². The van der Waals surface area contributed by atoms with E-state index in [-0.39, 0.29) is 11.8 Å². The third kappa shape index (κ3) is 6.87. The van der Waals surface area contributed by atoms with Crippen molar-refractivity contribution in [1.82, 2.24) is 10.0 Å². The molecule has 1 aliphatic carbocycles. The van der Waals surface area contributed by atoms with E-state index in [0.29, 0.717) is 0 Å². The van der Waals surface area contributed by atoms with Crippen LogP contribution in [0.2, 0.25) is 0 Å². The monoisotopic (exact) mass is 234 g/mol. The maximum Gasteiger partial charge on any atom is 0.211 e. The molecule has 0 radical (unpaired) electrons. The standard InChI is InChI=1S/C10H22N2O2S/c1-2-7-11-8-3-4-9-15(13,14)12-10-5-6-10/h10-12H,2-9H2,1H3. The molecular formula is C10H22N2O2S. The number of hydrogen-bond donors (Lipinski definition) is 2. The third-order valence-corrected chi connectivity index (χ3v) is 3.89. The summed E-state index contributed by atoms with van der Waals surface area (Å²) < 4.78 is 25.6. The molecule has 1 saturated carbocycles. The van der Waals surface area contributed by atoms with Crippen LogP contribution in [0.1, 0.15) is 39.0 Å². The van der Waals surface area contributed by atoms with E-state index < -0.39 is 10.0 Å². The van der Waals surface area contributed by atoms with Crippen molar-refractivity contribution in [3.8, 4) is 0 Å². The average molecular weight is 234 g/mol. The first kappa shape index (κ1) is 12.9. The Labute approximate surface area is 92.9 Å². The summed E-state index contributed by atoms with van der Waals surface area (Å²) in [6, 6.07) is 0.244. The van der Waals surface area contributed by atoms with Gasteiger partial charge in [-0.05, 0) is 45.2 Å². The van der Waals surface area contributed by atoms with Crippen molar-refractivity contribution < 1.29 is 8.42 Å². The van der Waals surface area contributed by atoms with Gasteiger partial charge in [-0.1, -0.05) is 6.92 Å². The van der Waals surface area contributed by atoms with Crippen LogP contribution in [0.15, 0.2) is 0 Å².